The fourth-order valence-electron chi connectivity index (χ4n) is 3.43. The van der Waals surface area contributed by atoms with Crippen LogP contribution in [0.15, 0.2) is 12.4 Å². The number of nitrogens with zero attached hydrogens (tertiary/aromatic N) is 1. The second kappa shape index (κ2) is 8.51. The van der Waals surface area contributed by atoms with Gasteiger partial charge in [0, 0.05) is 25.0 Å². The molecule has 0 saturated carbocycles. The van der Waals surface area contributed by atoms with Gasteiger partial charge in [-0.2, -0.15) is 0 Å². The zero-order chi connectivity index (χ0) is 14.2. The Balaban J connectivity index is 1.70. The van der Waals surface area contributed by atoms with E-state index < -0.39 is 0 Å². The van der Waals surface area contributed by atoms with Crippen LogP contribution in [0.5, 0.6) is 0 Å². The molecule has 0 bridgehead atoms. The molecule has 0 fully saturated rings. The number of hydrogen-bond acceptors (Lipinski definition) is 1. The summed E-state index contributed by atoms with van der Waals surface area (Å²) in [5.41, 5.74) is 3.14. The van der Waals surface area contributed by atoms with Crippen molar-refractivity contribution >= 4 is 0 Å². The molecule has 1 atom stereocenters. The van der Waals surface area contributed by atoms with Crippen LogP contribution in [0, 0.1) is 0 Å². The van der Waals surface area contributed by atoms with Crippen molar-refractivity contribution in [1.29, 1.82) is 0 Å². The molecule has 0 spiro atoms. The first-order chi connectivity index (χ1) is 9.85. The van der Waals surface area contributed by atoms with Crippen molar-refractivity contribution in [1.82, 2.24) is 9.88 Å². The Morgan fingerprint density at radius 1 is 1.10 bits per heavy atom. The number of hydrogen-bond donors (Lipinski definition) is 1. The van der Waals surface area contributed by atoms with Gasteiger partial charge in [0.1, 0.15) is 0 Å². The summed E-state index contributed by atoms with van der Waals surface area (Å²) < 4.78 is 2.44. The highest BCUT2D eigenvalue weighted by molar-refractivity contribution is 5.30. The highest BCUT2D eigenvalue weighted by Gasteiger charge is 2.20. The Labute approximate surface area is 125 Å². The zero-order valence-corrected chi connectivity index (χ0v) is 13.5. The van der Waals surface area contributed by atoms with Gasteiger partial charge in [-0.1, -0.05) is 45.4 Å². The van der Waals surface area contributed by atoms with Gasteiger partial charge in [-0.05, 0) is 43.9 Å². The van der Waals surface area contributed by atoms with Crippen LogP contribution in [0.3, 0.4) is 0 Å². The van der Waals surface area contributed by atoms with Crippen LogP contribution in [-0.2, 0) is 13.0 Å². The van der Waals surface area contributed by atoms with Gasteiger partial charge >= 0.3 is 0 Å². The lowest BCUT2D eigenvalue weighted by Crippen LogP contribution is -2.20. The van der Waals surface area contributed by atoms with Crippen molar-refractivity contribution < 1.29 is 0 Å². The summed E-state index contributed by atoms with van der Waals surface area (Å²) >= 11 is 0. The quantitative estimate of drug-likeness (QED) is 0.639. The smallest absolute Gasteiger partial charge is 0.0335 e. The number of fused-ring (bicyclic) bond motifs is 1. The van der Waals surface area contributed by atoms with Gasteiger partial charge in [0.15, 0.2) is 0 Å². The number of nitrogens with one attached hydrogen (secondary N) is 1. The highest BCUT2D eigenvalue weighted by atomic mass is 15.0. The molecular formula is C18H32N2. The first kappa shape index (κ1) is 15.6. The van der Waals surface area contributed by atoms with Gasteiger partial charge in [0.25, 0.3) is 0 Å². The van der Waals surface area contributed by atoms with Crippen LogP contribution in [0.2, 0.25) is 0 Å². The molecule has 2 rings (SSSR count). The maximum atomic E-state index is 3.46. The van der Waals surface area contributed by atoms with E-state index in [1.54, 1.807) is 11.1 Å². The molecule has 0 aliphatic heterocycles. The predicted molar refractivity (Wildman–Crippen MR) is 87.2 cm³/mol. The van der Waals surface area contributed by atoms with Crippen LogP contribution < -0.4 is 5.32 Å². The highest BCUT2D eigenvalue weighted by Crippen LogP contribution is 2.30. The van der Waals surface area contributed by atoms with Crippen molar-refractivity contribution in [3.8, 4) is 0 Å². The van der Waals surface area contributed by atoms with E-state index in [0.717, 1.165) is 0 Å². The first-order valence-electron chi connectivity index (χ1n) is 8.71. The Morgan fingerprint density at radius 3 is 2.60 bits per heavy atom. The second-order valence-corrected chi connectivity index (χ2v) is 6.33. The monoisotopic (exact) mass is 276 g/mol. The zero-order valence-electron chi connectivity index (χ0n) is 13.5. The van der Waals surface area contributed by atoms with E-state index in [0.29, 0.717) is 6.04 Å². The lowest BCUT2D eigenvalue weighted by molar-refractivity contribution is 0.498. The van der Waals surface area contributed by atoms with E-state index in [4.69, 9.17) is 0 Å². The summed E-state index contributed by atoms with van der Waals surface area (Å²) in [6, 6.07) is 0.592. The summed E-state index contributed by atoms with van der Waals surface area (Å²) in [6.07, 6.45) is 18.5. The standard InChI is InChI=1S/C18H32N2/c1-3-4-5-6-7-8-9-13-20-14-16-11-10-12-18(19-2)17(16)15-20/h14-15,18-19H,3-13H2,1-2H3. The van der Waals surface area contributed by atoms with Crippen LogP contribution in [-0.4, -0.2) is 11.6 Å². The van der Waals surface area contributed by atoms with Gasteiger partial charge in [-0.25, -0.2) is 0 Å². The largest absolute Gasteiger partial charge is 0.354 e. The molecule has 0 radical (unpaired) electrons. The minimum absolute atomic E-state index is 0.592. The van der Waals surface area contributed by atoms with E-state index in [9.17, 15) is 0 Å². The Kier molecular flexibility index (Phi) is 6.65. The van der Waals surface area contributed by atoms with Crippen LogP contribution in [0.25, 0.3) is 0 Å². The molecule has 0 aromatic carbocycles. The molecule has 1 aliphatic rings. The van der Waals surface area contributed by atoms with E-state index in [-0.39, 0.29) is 0 Å². The SMILES string of the molecule is CCCCCCCCCn1cc2c(c1)C(NC)CCC2. The molecule has 1 heterocycles. The van der Waals surface area contributed by atoms with E-state index >= 15 is 0 Å². The fourth-order valence-corrected chi connectivity index (χ4v) is 3.43. The summed E-state index contributed by atoms with van der Waals surface area (Å²) in [5.74, 6) is 0. The summed E-state index contributed by atoms with van der Waals surface area (Å²) in [6.45, 7) is 3.49. The minimum Gasteiger partial charge on any atom is -0.354 e. The molecule has 1 N–H and O–H groups in total. The molecule has 114 valence electrons. The van der Waals surface area contributed by atoms with Gasteiger partial charge < -0.3 is 9.88 Å². The molecule has 2 heteroatoms. The topological polar surface area (TPSA) is 17.0 Å². The Bertz CT molecular complexity index is 381. The third-order valence-electron chi connectivity index (χ3n) is 4.68. The van der Waals surface area contributed by atoms with E-state index in [2.05, 4.69) is 36.2 Å². The molecule has 1 aromatic heterocycles. The first-order valence-corrected chi connectivity index (χ1v) is 8.71. The van der Waals surface area contributed by atoms with Crippen molar-refractivity contribution in [2.45, 2.75) is 83.7 Å². The minimum atomic E-state index is 0.592. The van der Waals surface area contributed by atoms with Gasteiger partial charge in [-0.15, -0.1) is 0 Å². The Hall–Kier alpha value is -0.760. The summed E-state index contributed by atoms with van der Waals surface area (Å²) in [7, 11) is 2.09. The van der Waals surface area contributed by atoms with Crippen molar-refractivity contribution in [2.24, 2.45) is 0 Å². The third-order valence-corrected chi connectivity index (χ3v) is 4.68. The summed E-state index contributed by atoms with van der Waals surface area (Å²) in [5, 5.41) is 3.46. The lowest BCUT2D eigenvalue weighted by atomic mass is 9.91. The second-order valence-electron chi connectivity index (χ2n) is 6.33. The number of unbranched alkanes of at least 4 members (excludes halogenated alkanes) is 6. The average Bonchev–Trinajstić information content (AvgIpc) is 2.89. The normalized spacial score (nSPS) is 18.2. The Morgan fingerprint density at radius 2 is 1.85 bits per heavy atom. The van der Waals surface area contributed by atoms with Crippen molar-refractivity contribution in [3.05, 3.63) is 23.5 Å². The number of aryl methyl sites for hydroxylation is 2. The average molecular weight is 276 g/mol. The van der Waals surface area contributed by atoms with E-state index in [1.165, 1.54) is 70.8 Å². The van der Waals surface area contributed by atoms with Crippen LogP contribution in [0.1, 0.15) is 81.9 Å². The summed E-state index contributed by atoms with van der Waals surface area (Å²) in [4.78, 5) is 0. The van der Waals surface area contributed by atoms with Crippen molar-refractivity contribution in [2.75, 3.05) is 7.05 Å². The lowest BCUT2D eigenvalue weighted by Gasteiger charge is -2.21. The number of rotatable bonds is 9. The molecule has 1 unspecified atom stereocenters. The number of aromatic nitrogens is 1. The van der Waals surface area contributed by atoms with E-state index in [1.807, 2.05) is 0 Å². The molecular weight excluding hydrogens is 244 g/mol. The van der Waals surface area contributed by atoms with Crippen LogP contribution in [0.4, 0.5) is 0 Å². The van der Waals surface area contributed by atoms with Gasteiger partial charge in [-0.3, -0.25) is 0 Å². The molecule has 0 amide bonds. The fraction of sp³-hybridized carbons (Fsp3) is 0.778. The molecule has 20 heavy (non-hydrogen) atoms. The van der Waals surface area contributed by atoms with Crippen LogP contribution >= 0.6 is 0 Å². The molecule has 0 saturated heterocycles. The predicted octanol–water partition coefficient (Wildman–Crippen LogP) is 4.84. The maximum Gasteiger partial charge on any atom is 0.0335 e. The van der Waals surface area contributed by atoms with Gasteiger partial charge in [0.2, 0.25) is 0 Å². The maximum absolute atomic E-state index is 3.46. The van der Waals surface area contributed by atoms with Gasteiger partial charge in [0.05, 0.1) is 0 Å². The molecule has 1 aromatic rings. The molecule has 1 aliphatic carbocycles. The van der Waals surface area contributed by atoms with Crippen molar-refractivity contribution in [3.63, 3.8) is 0 Å². The molecule has 2 nitrogen and oxygen atoms in total. The third kappa shape index (κ3) is 4.37.